The fourth-order valence-corrected chi connectivity index (χ4v) is 3.31. The number of aliphatic hydroxyl groups is 1. The lowest BCUT2D eigenvalue weighted by Crippen LogP contribution is -2.22. The highest BCUT2D eigenvalue weighted by atomic mass is 32.2. The van der Waals surface area contributed by atoms with Crippen LogP contribution in [0.1, 0.15) is 35.6 Å². The van der Waals surface area contributed by atoms with E-state index in [0.717, 1.165) is 24.5 Å². The van der Waals surface area contributed by atoms with E-state index >= 15 is 0 Å². The van der Waals surface area contributed by atoms with Crippen molar-refractivity contribution in [2.45, 2.75) is 32.2 Å². The smallest absolute Gasteiger partial charge is 0.0438 e. The second-order valence-corrected chi connectivity index (χ2v) is 6.16. The number of fused-ring (bicyclic) bond motifs is 1. The first-order valence-electron chi connectivity index (χ1n) is 6.82. The van der Waals surface area contributed by atoms with Gasteiger partial charge in [0.15, 0.2) is 0 Å². The predicted octanol–water partition coefficient (Wildman–Crippen LogP) is 2.69. The summed E-state index contributed by atoms with van der Waals surface area (Å²) in [6.45, 7) is 3.55. The molecule has 0 aliphatic heterocycles. The molecular weight excluding hydrogens is 242 g/mol. The normalized spacial score (nSPS) is 18.0. The van der Waals surface area contributed by atoms with Crippen LogP contribution >= 0.6 is 11.8 Å². The summed E-state index contributed by atoms with van der Waals surface area (Å²) in [6, 6.07) is 7.38. The largest absolute Gasteiger partial charge is 0.396 e. The maximum Gasteiger partial charge on any atom is 0.0438 e. The van der Waals surface area contributed by atoms with Crippen molar-refractivity contribution in [3.63, 3.8) is 0 Å². The Kier molecular flexibility index (Phi) is 5.54. The highest BCUT2D eigenvalue weighted by Crippen LogP contribution is 2.31. The number of hydrogen-bond donors (Lipinski definition) is 2. The maximum atomic E-state index is 8.70. The Bertz CT molecular complexity index is 381. The van der Waals surface area contributed by atoms with Crippen molar-refractivity contribution in [1.29, 1.82) is 0 Å². The molecule has 0 aromatic heterocycles. The first-order valence-corrected chi connectivity index (χ1v) is 7.98. The van der Waals surface area contributed by atoms with Crippen LogP contribution in [0.2, 0.25) is 0 Å². The SMILES string of the molecule is Cc1ccc2c(c1)C(NCCSCCCO)CC2. The van der Waals surface area contributed by atoms with Crippen molar-refractivity contribution in [2.75, 3.05) is 24.7 Å². The fraction of sp³-hybridized carbons (Fsp3) is 0.600. The van der Waals surface area contributed by atoms with Gasteiger partial charge in [0.2, 0.25) is 0 Å². The second kappa shape index (κ2) is 7.17. The molecule has 0 radical (unpaired) electrons. The minimum atomic E-state index is 0.315. The van der Waals surface area contributed by atoms with E-state index in [1.165, 1.54) is 29.5 Å². The van der Waals surface area contributed by atoms with Gasteiger partial charge in [0.05, 0.1) is 0 Å². The molecule has 1 aromatic carbocycles. The lowest BCUT2D eigenvalue weighted by Gasteiger charge is -2.14. The van der Waals surface area contributed by atoms with Gasteiger partial charge in [-0.3, -0.25) is 0 Å². The van der Waals surface area contributed by atoms with Gasteiger partial charge >= 0.3 is 0 Å². The van der Waals surface area contributed by atoms with E-state index in [0.29, 0.717) is 12.6 Å². The number of aryl methyl sites for hydroxylation is 2. The van der Waals surface area contributed by atoms with E-state index in [2.05, 4.69) is 30.4 Å². The minimum Gasteiger partial charge on any atom is -0.396 e. The Balaban J connectivity index is 1.74. The highest BCUT2D eigenvalue weighted by Gasteiger charge is 2.21. The van der Waals surface area contributed by atoms with Crippen molar-refractivity contribution >= 4 is 11.8 Å². The molecule has 1 aliphatic carbocycles. The molecule has 100 valence electrons. The third kappa shape index (κ3) is 3.74. The molecule has 0 saturated carbocycles. The van der Waals surface area contributed by atoms with E-state index in [9.17, 15) is 0 Å². The summed E-state index contributed by atoms with van der Waals surface area (Å²) in [6.07, 6.45) is 3.36. The van der Waals surface area contributed by atoms with Crippen LogP contribution in [0.3, 0.4) is 0 Å². The van der Waals surface area contributed by atoms with Crippen LogP contribution in [-0.2, 0) is 6.42 Å². The number of aliphatic hydroxyl groups excluding tert-OH is 1. The lowest BCUT2D eigenvalue weighted by atomic mass is 10.1. The van der Waals surface area contributed by atoms with E-state index in [1.54, 1.807) is 0 Å². The minimum absolute atomic E-state index is 0.315. The summed E-state index contributed by atoms with van der Waals surface area (Å²) >= 11 is 1.92. The van der Waals surface area contributed by atoms with Crippen molar-refractivity contribution in [1.82, 2.24) is 5.32 Å². The molecule has 1 aromatic rings. The number of benzene rings is 1. The average molecular weight is 265 g/mol. The molecule has 1 atom stereocenters. The summed E-state index contributed by atoms with van der Waals surface area (Å²) in [5.74, 6) is 2.20. The van der Waals surface area contributed by atoms with Crippen LogP contribution in [0.15, 0.2) is 18.2 Å². The van der Waals surface area contributed by atoms with Crippen molar-refractivity contribution < 1.29 is 5.11 Å². The van der Waals surface area contributed by atoms with Crippen LogP contribution in [0.5, 0.6) is 0 Å². The first kappa shape index (κ1) is 13.9. The standard InChI is InChI=1S/C15H23NOS/c1-12-3-4-13-5-6-15(14(13)11-12)16-7-10-18-9-2-8-17/h3-4,11,15-17H,2,5-10H2,1H3. The van der Waals surface area contributed by atoms with E-state index < -0.39 is 0 Å². The Morgan fingerprint density at radius 3 is 3.11 bits per heavy atom. The van der Waals surface area contributed by atoms with Crippen LogP contribution < -0.4 is 5.32 Å². The van der Waals surface area contributed by atoms with Gasteiger partial charge in [-0.25, -0.2) is 0 Å². The Labute approximate surface area is 114 Å². The van der Waals surface area contributed by atoms with Crippen LogP contribution in [-0.4, -0.2) is 29.8 Å². The van der Waals surface area contributed by atoms with Gasteiger partial charge in [0, 0.05) is 24.9 Å². The van der Waals surface area contributed by atoms with Crippen LogP contribution in [0.25, 0.3) is 0 Å². The van der Waals surface area contributed by atoms with Crippen LogP contribution in [0, 0.1) is 6.92 Å². The topological polar surface area (TPSA) is 32.3 Å². The molecule has 0 fully saturated rings. The zero-order valence-corrected chi connectivity index (χ0v) is 11.9. The Morgan fingerprint density at radius 2 is 2.28 bits per heavy atom. The summed E-state index contributed by atoms with van der Waals surface area (Å²) in [5, 5.41) is 12.4. The molecule has 1 aliphatic rings. The molecule has 0 amide bonds. The van der Waals surface area contributed by atoms with E-state index in [-0.39, 0.29) is 0 Å². The van der Waals surface area contributed by atoms with Crippen molar-refractivity contribution in [2.24, 2.45) is 0 Å². The zero-order valence-electron chi connectivity index (χ0n) is 11.1. The average Bonchev–Trinajstić information content (AvgIpc) is 2.76. The zero-order chi connectivity index (χ0) is 12.8. The lowest BCUT2D eigenvalue weighted by molar-refractivity contribution is 0.296. The van der Waals surface area contributed by atoms with Gasteiger partial charge in [-0.05, 0) is 43.1 Å². The van der Waals surface area contributed by atoms with Gasteiger partial charge < -0.3 is 10.4 Å². The summed E-state index contributed by atoms with van der Waals surface area (Å²) < 4.78 is 0. The Hall–Kier alpha value is -0.510. The third-order valence-corrected chi connectivity index (χ3v) is 4.53. The summed E-state index contributed by atoms with van der Waals surface area (Å²) in [4.78, 5) is 0. The Morgan fingerprint density at radius 1 is 1.39 bits per heavy atom. The maximum absolute atomic E-state index is 8.70. The predicted molar refractivity (Wildman–Crippen MR) is 79.3 cm³/mol. The molecular formula is C15H23NOS. The van der Waals surface area contributed by atoms with Crippen molar-refractivity contribution in [3.05, 3.63) is 34.9 Å². The van der Waals surface area contributed by atoms with Crippen molar-refractivity contribution in [3.8, 4) is 0 Å². The van der Waals surface area contributed by atoms with E-state index in [1.807, 2.05) is 11.8 Å². The van der Waals surface area contributed by atoms with Crippen LogP contribution in [0.4, 0.5) is 0 Å². The molecule has 18 heavy (non-hydrogen) atoms. The molecule has 3 heteroatoms. The molecule has 0 heterocycles. The number of hydrogen-bond acceptors (Lipinski definition) is 3. The first-order chi connectivity index (χ1) is 8.81. The van der Waals surface area contributed by atoms with Gasteiger partial charge in [0.25, 0.3) is 0 Å². The van der Waals surface area contributed by atoms with Gasteiger partial charge in [0.1, 0.15) is 0 Å². The molecule has 1 unspecified atom stereocenters. The summed E-state index contributed by atoms with van der Waals surface area (Å²) in [7, 11) is 0. The number of thioether (sulfide) groups is 1. The fourth-order valence-electron chi connectivity index (χ4n) is 2.51. The molecule has 2 rings (SSSR count). The molecule has 0 bridgehead atoms. The van der Waals surface area contributed by atoms with Gasteiger partial charge in [-0.2, -0.15) is 11.8 Å². The van der Waals surface area contributed by atoms with Gasteiger partial charge in [-0.15, -0.1) is 0 Å². The van der Waals surface area contributed by atoms with Gasteiger partial charge in [-0.1, -0.05) is 23.8 Å². The molecule has 2 N–H and O–H groups in total. The number of nitrogens with one attached hydrogen (secondary N) is 1. The quantitative estimate of drug-likeness (QED) is 0.744. The second-order valence-electron chi connectivity index (χ2n) is 4.94. The monoisotopic (exact) mass is 265 g/mol. The third-order valence-electron chi connectivity index (χ3n) is 3.46. The highest BCUT2D eigenvalue weighted by molar-refractivity contribution is 7.99. The number of rotatable bonds is 7. The molecule has 2 nitrogen and oxygen atoms in total. The van der Waals surface area contributed by atoms with E-state index in [4.69, 9.17) is 5.11 Å². The molecule has 0 saturated heterocycles. The molecule has 0 spiro atoms. The summed E-state index contributed by atoms with van der Waals surface area (Å²) in [5.41, 5.74) is 4.39.